The molecule has 2 nitrogen and oxygen atoms in total. The number of aromatic nitrogens is 1. The summed E-state index contributed by atoms with van der Waals surface area (Å²) in [6.07, 6.45) is 0. The van der Waals surface area contributed by atoms with Crippen molar-refractivity contribution in [2.75, 3.05) is 4.90 Å². The van der Waals surface area contributed by atoms with Crippen molar-refractivity contribution in [3.63, 3.8) is 0 Å². The third-order valence-electron chi connectivity index (χ3n) is 13.9. The van der Waals surface area contributed by atoms with Crippen LogP contribution in [0.1, 0.15) is 38.8 Å². The Balaban J connectivity index is 0.945. The maximum Gasteiger partial charge on any atom is 0.148 e. The number of halogens is 1. The first kappa shape index (κ1) is 40.3. The lowest BCUT2D eigenvalue weighted by molar-refractivity contribution is 0.630. The van der Waals surface area contributed by atoms with Crippen LogP contribution in [0.2, 0.25) is 0 Å². The van der Waals surface area contributed by atoms with Crippen LogP contribution in [-0.2, 0) is 5.41 Å². The van der Waals surface area contributed by atoms with Gasteiger partial charge in [0.15, 0.2) is 0 Å². The molecule has 11 aromatic rings. The third kappa shape index (κ3) is 7.53. The van der Waals surface area contributed by atoms with Crippen LogP contribution in [0.25, 0.3) is 84.5 Å². The molecule has 1 aliphatic carbocycles. The number of para-hydroxylation sites is 2. The van der Waals surface area contributed by atoms with Gasteiger partial charge in [-0.3, -0.25) is 0 Å². The predicted octanol–water partition coefficient (Wildman–Crippen LogP) is 18.4. The Labute approximate surface area is 412 Å². The highest BCUT2D eigenvalue weighted by molar-refractivity contribution is 6.08. The van der Waals surface area contributed by atoms with Crippen molar-refractivity contribution in [1.29, 1.82) is 0 Å². The van der Waals surface area contributed by atoms with Crippen molar-refractivity contribution in [1.82, 2.24) is 4.57 Å². The first-order valence-corrected chi connectivity index (χ1v) is 23.9. The van der Waals surface area contributed by atoms with E-state index >= 15 is 4.39 Å². The standard InChI is InChI=1S/C67H49FN2/c1-67(2)60-41-47(37-40-56(60)58-44-59-63(45-61(58)67)70(54-31-19-8-20-32-54)65(51-27-15-6-16-28-51)64(59)50-25-13-5-14-26-50)34-33-46-35-38-55(39-36-46)69(53-29-17-7-18-30-53)66-57(49-23-11-4-12-24-49)42-52(43-62(66)68)48-21-9-3-10-22-48/h3-45H,1-2H3/b34-33+/i33D,34D. The van der Waals surface area contributed by atoms with Crippen molar-refractivity contribution in [2.24, 2.45) is 0 Å². The van der Waals surface area contributed by atoms with E-state index in [1.54, 1.807) is 6.07 Å². The number of hydrogen-bond acceptors (Lipinski definition) is 1. The third-order valence-corrected chi connectivity index (χ3v) is 13.9. The molecule has 0 saturated carbocycles. The molecule has 0 bridgehead atoms. The maximum atomic E-state index is 17.0. The van der Waals surface area contributed by atoms with Gasteiger partial charge in [-0.15, -0.1) is 0 Å². The van der Waals surface area contributed by atoms with Crippen LogP contribution in [0.5, 0.6) is 0 Å². The van der Waals surface area contributed by atoms with E-state index in [0.29, 0.717) is 16.8 Å². The van der Waals surface area contributed by atoms with Crippen LogP contribution in [0.15, 0.2) is 249 Å². The van der Waals surface area contributed by atoms with Gasteiger partial charge in [0.25, 0.3) is 0 Å². The van der Waals surface area contributed by atoms with Crippen molar-refractivity contribution in [2.45, 2.75) is 19.3 Å². The van der Waals surface area contributed by atoms with E-state index in [4.69, 9.17) is 0 Å². The van der Waals surface area contributed by atoms with E-state index in [-0.39, 0.29) is 17.9 Å². The number of nitrogens with zero attached hydrogens (tertiary/aromatic N) is 2. The van der Waals surface area contributed by atoms with Crippen molar-refractivity contribution in [3.8, 4) is 61.5 Å². The molecule has 3 heteroatoms. The Hall–Kier alpha value is -8.79. The van der Waals surface area contributed by atoms with E-state index in [1.165, 1.54) is 22.1 Å². The average Bonchev–Trinajstić information content (AvgIpc) is 3.89. The second-order valence-corrected chi connectivity index (χ2v) is 18.5. The van der Waals surface area contributed by atoms with Crippen molar-refractivity contribution < 1.29 is 7.13 Å². The summed E-state index contributed by atoms with van der Waals surface area (Å²) in [5.74, 6) is -0.359. The van der Waals surface area contributed by atoms with Crippen LogP contribution in [0.3, 0.4) is 0 Å². The van der Waals surface area contributed by atoms with E-state index in [0.717, 1.165) is 72.8 Å². The number of anilines is 3. The van der Waals surface area contributed by atoms with Crippen LogP contribution in [0.4, 0.5) is 21.5 Å². The first-order valence-electron chi connectivity index (χ1n) is 24.9. The van der Waals surface area contributed by atoms with Gasteiger partial charge in [-0.1, -0.05) is 214 Å². The molecule has 0 atom stereocenters. The molecule has 0 fully saturated rings. The summed E-state index contributed by atoms with van der Waals surface area (Å²) in [7, 11) is 0. The molecule has 0 amide bonds. The highest BCUT2D eigenvalue weighted by Crippen LogP contribution is 2.53. The highest BCUT2D eigenvalue weighted by Gasteiger charge is 2.37. The van der Waals surface area contributed by atoms with Crippen LogP contribution < -0.4 is 4.90 Å². The minimum absolute atomic E-state index is 0.105. The molecule has 12 rings (SSSR count). The number of hydrogen-bond donors (Lipinski definition) is 0. The largest absolute Gasteiger partial charge is 0.309 e. The zero-order valence-corrected chi connectivity index (χ0v) is 38.9. The zero-order chi connectivity index (χ0) is 48.9. The van der Waals surface area contributed by atoms with E-state index in [1.807, 2.05) is 126 Å². The first-order chi connectivity index (χ1) is 35.2. The second kappa shape index (κ2) is 17.7. The average molecular weight is 903 g/mol. The normalized spacial score (nSPS) is 13.2. The zero-order valence-electron chi connectivity index (χ0n) is 40.9. The van der Waals surface area contributed by atoms with Crippen LogP contribution in [-0.4, -0.2) is 4.57 Å². The molecule has 0 radical (unpaired) electrons. The fourth-order valence-corrected chi connectivity index (χ4v) is 10.5. The van der Waals surface area contributed by atoms with E-state index in [2.05, 4.69) is 140 Å². The molecule has 0 unspecified atom stereocenters. The molecule has 334 valence electrons. The molecule has 0 aliphatic heterocycles. The fraction of sp³-hybridized carbons (Fsp3) is 0.0448. The monoisotopic (exact) mass is 902 g/mol. The lowest BCUT2D eigenvalue weighted by Crippen LogP contribution is -2.15. The lowest BCUT2D eigenvalue weighted by atomic mass is 9.81. The summed E-state index contributed by atoms with van der Waals surface area (Å²) < 4.78 is 38.5. The van der Waals surface area contributed by atoms with Gasteiger partial charge in [-0.2, -0.15) is 0 Å². The quantitative estimate of drug-likeness (QED) is 0.124. The summed E-state index contributed by atoms with van der Waals surface area (Å²) in [5, 5.41) is 1.17. The summed E-state index contributed by atoms with van der Waals surface area (Å²) >= 11 is 0. The fourth-order valence-electron chi connectivity index (χ4n) is 10.5. The molecule has 0 saturated heterocycles. The summed E-state index contributed by atoms with van der Waals surface area (Å²) in [6.45, 7) is 4.54. The molecule has 10 aromatic carbocycles. The Morgan fingerprint density at radius 3 is 1.60 bits per heavy atom. The van der Waals surface area contributed by atoms with E-state index < -0.39 is 5.41 Å². The molecule has 1 aliphatic rings. The summed E-state index contributed by atoms with van der Waals surface area (Å²) in [5.41, 5.74) is 17.7. The topological polar surface area (TPSA) is 8.17 Å². The van der Waals surface area contributed by atoms with Crippen molar-refractivity contribution >= 4 is 40.1 Å². The smallest absolute Gasteiger partial charge is 0.148 e. The molecule has 0 spiro atoms. The summed E-state index contributed by atoms with van der Waals surface area (Å²) in [6, 6.07) is 84.2. The van der Waals surface area contributed by atoms with Gasteiger partial charge in [0, 0.05) is 39.0 Å². The molecular weight excluding hydrogens is 852 g/mol. The molecule has 1 aromatic heterocycles. The van der Waals surface area contributed by atoms with Gasteiger partial charge in [0.05, 0.1) is 19.6 Å². The highest BCUT2D eigenvalue weighted by atomic mass is 19.1. The van der Waals surface area contributed by atoms with Crippen LogP contribution >= 0.6 is 0 Å². The Kier molecular flexibility index (Phi) is 10.2. The summed E-state index contributed by atoms with van der Waals surface area (Å²) in [4.78, 5) is 1.95. The Bertz CT molecular complexity index is 3810. The minimum Gasteiger partial charge on any atom is -0.309 e. The van der Waals surface area contributed by atoms with Gasteiger partial charge in [0.1, 0.15) is 5.82 Å². The Morgan fingerprint density at radius 2 is 0.957 bits per heavy atom. The van der Waals surface area contributed by atoms with E-state index in [9.17, 15) is 2.74 Å². The predicted molar refractivity (Wildman–Crippen MR) is 293 cm³/mol. The minimum atomic E-state index is -0.404. The molecule has 70 heavy (non-hydrogen) atoms. The second-order valence-electron chi connectivity index (χ2n) is 18.5. The molecular formula is C67H49FN2. The van der Waals surface area contributed by atoms with Gasteiger partial charge >= 0.3 is 0 Å². The number of benzene rings is 10. The SMILES string of the molecule is [2H]/C(=C(/[2H])c1ccc2c(c1)C(C)(C)c1cc3c(cc1-2)c(-c1ccccc1)c(-c1ccccc1)n3-c1ccccc1)c1ccc(N(c2ccccc2)c2c(F)cc(-c3ccccc3)cc2-c2ccccc2)cc1. The molecule has 0 N–H and O–H groups in total. The van der Waals surface area contributed by atoms with Gasteiger partial charge in [-0.25, -0.2) is 4.39 Å². The number of fused-ring (bicyclic) bond motifs is 4. The van der Waals surface area contributed by atoms with Crippen molar-refractivity contribution in [3.05, 3.63) is 277 Å². The van der Waals surface area contributed by atoms with Crippen LogP contribution in [0, 0.1) is 5.82 Å². The van der Waals surface area contributed by atoms with Gasteiger partial charge in [-0.05, 0) is 122 Å². The molecule has 1 heterocycles. The maximum absolute atomic E-state index is 17.0. The number of rotatable bonds is 10. The Morgan fingerprint density at radius 1 is 0.443 bits per heavy atom. The van der Waals surface area contributed by atoms with Gasteiger partial charge in [0.2, 0.25) is 0 Å². The van der Waals surface area contributed by atoms with Gasteiger partial charge < -0.3 is 9.47 Å². The lowest BCUT2D eigenvalue weighted by Gasteiger charge is -2.29.